The van der Waals surface area contributed by atoms with E-state index in [0.29, 0.717) is 19.8 Å². The van der Waals surface area contributed by atoms with Gasteiger partial charge < -0.3 is 14.8 Å². The maximum Gasteiger partial charge on any atom is 0.227 e. The third-order valence-electron chi connectivity index (χ3n) is 2.08. The van der Waals surface area contributed by atoms with Gasteiger partial charge in [0.15, 0.2) is 6.29 Å². The molecule has 0 rings (SSSR count). The van der Waals surface area contributed by atoms with Crippen molar-refractivity contribution in [3.8, 4) is 0 Å². The first-order valence-corrected chi connectivity index (χ1v) is 6.08. The largest absolute Gasteiger partial charge is 0.351 e. The van der Waals surface area contributed by atoms with Crippen LogP contribution >= 0.6 is 11.6 Å². The Bertz CT molecular complexity index is 203. The summed E-state index contributed by atoms with van der Waals surface area (Å²) in [5.41, 5.74) is -0.565. The topological polar surface area (TPSA) is 47.6 Å². The highest BCUT2D eigenvalue weighted by molar-refractivity contribution is 6.19. The lowest BCUT2D eigenvalue weighted by atomic mass is 9.95. The van der Waals surface area contributed by atoms with E-state index in [0.717, 1.165) is 0 Å². The van der Waals surface area contributed by atoms with Crippen LogP contribution in [0.4, 0.5) is 0 Å². The number of alkyl halides is 1. The summed E-state index contributed by atoms with van der Waals surface area (Å²) in [5, 5.41) is 2.77. The molecule has 0 aliphatic carbocycles. The minimum absolute atomic E-state index is 0.0908. The Morgan fingerprint density at radius 2 is 1.81 bits per heavy atom. The van der Waals surface area contributed by atoms with Crippen LogP contribution in [0, 0.1) is 5.41 Å². The van der Waals surface area contributed by atoms with E-state index in [1.807, 2.05) is 13.8 Å². The van der Waals surface area contributed by atoms with Crippen LogP contribution in [0.1, 0.15) is 27.7 Å². The number of carbonyl (C=O) groups is 1. The number of rotatable bonds is 8. The summed E-state index contributed by atoms with van der Waals surface area (Å²) < 4.78 is 10.6. The van der Waals surface area contributed by atoms with Crippen LogP contribution in [0.25, 0.3) is 0 Å². The zero-order valence-corrected chi connectivity index (χ0v) is 11.3. The van der Waals surface area contributed by atoms with E-state index in [1.54, 1.807) is 13.8 Å². The van der Waals surface area contributed by atoms with Gasteiger partial charge in [-0.25, -0.2) is 0 Å². The summed E-state index contributed by atoms with van der Waals surface area (Å²) in [6, 6.07) is 0. The Morgan fingerprint density at radius 3 is 2.19 bits per heavy atom. The molecule has 0 aliphatic heterocycles. The molecule has 5 heteroatoms. The molecule has 0 radical (unpaired) electrons. The van der Waals surface area contributed by atoms with E-state index in [-0.39, 0.29) is 18.1 Å². The fraction of sp³-hybridized carbons (Fsp3) is 0.909. The minimum atomic E-state index is -0.565. The van der Waals surface area contributed by atoms with Crippen LogP contribution in [0.15, 0.2) is 0 Å². The molecule has 0 aromatic rings. The average Bonchev–Trinajstić information content (AvgIpc) is 2.26. The van der Waals surface area contributed by atoms with Crippen LogP contribution in [0.3, 0.4) is 0 Å². The predicted octanol–water partition coefficient (Wildman–Crippen LogP) is 1.77. The van der Waals surface area contributed by atoms with E-state index in [2.05, 4.69) is 5.32 Å². The van der Waals surface area contributed by atoms with Crippen LogP contribution in [0.5, 0.6) is 0 Å². The van der Waals surface area contributed by atoms with Gasteiger partial charge in [-0.05, 0) is 27.7 Å². The minimum Gasteiger partial charge on any atom is -0.351 e. The lowest BCUT2D eigenvalue weighted by molar-refractivity contribution is -0.143. The van der Waals surface area contributed by atoms with Gasteiger partial charge in [0.2, 0.25) is 5.91 Å². The summed E-state index contributed by atoms with van der Waals surface area (Å²) in [5.74, 6) is 0.194. The Hall–Kier alpha value is -0.320. The molecule has 96 valence electrons. The number of ether oxygens (including phenoxy) is 2. The number of hydrogen-bond acceptors (Lipinski definition) is 3. The summed E-state index contributed by atoms with van der Waals surface area (Å²) in [6.45, 7) is 8.82. The second-order valence-electron chi connectivity index (χ2n) is 4.07. The lowest BCUT2D eigenvalue weighted by Gasteiger charge is -2.23. The van der Waals surface area contributed by atoms with Crippen molar-refractivity contribution in [1.82, 2.24) is 5.32 Å². The maximum absolute atomic E-state index is 11.7. The molecule has 1 N–H and O–H groups in total. The number of halogens is 1. The van der Waals surface area contributed by atoms with E-state index >= 15 is 0 Å². The molecule has 0 aliphatic rings. The second-order valence-corrected chi connectivity index (χ2v) is 4.34. The van der Waals surface area contributed by atoms with E-state index in [4.69, 9.17) is 21.1 Å². The zero-order chi connectivity index (χ0) is 12.6. The van der Waals surface area contributed by atoms with Gasteiger partial charge in [0.25, 0.3) is 0 Å². The van der Waals surface area contributed by atoms with Crippen molar-refractivity contribution in [3.63, 3.8) is 0 Å². The van der Waals surface area contributed by atoms with Gasteiger partial charge >= 0.3 is 0 Å². The van der Waals surface area contributed by atoms with Gasteiger partial charge in [-0.2, -0.15) is 0 Å². The monoisotopic (exact) mass is 251 g/mol. The molecule has 0 aromatic carbocycles. The molecule has 0 atom stereocenters. The Kier molecular flexibility index (Phi) is 7.72. The van der Waals surface area contributed by atoms with Crippen LogP contribution in [-0.4, -0.2) is 37.8 Å². The number of nitrogens with one attached hydrogen (secondary N) is 1. The van der Waals surface area contributed by atoms with E-state index in [1.165, 1.54) is 0 Å². The molecule has 0 saturated carbocycles. The summed E-state index contributed by atoms with van der Waals surface area (Å²) in [6.07, 6.45) is -0.384. The molecule has 0 unspecified atom stereocenters. The fourth-order valence-corrected chi connectivity index (χ4v) is 1.14. The van der Waals surface area contributed by atoms with Crippen molar-refractivity contribution in [2.24, 2.45) is 5.41 Å². The lowest BCUT2D eigenvalue weighted by Crippen LogP contribution is -2.43. The first-order valence-electron chi connectivity index (χ1n) is 5.55. The SMILES string of the molecule is CCOC(CNC(=O)C(C)(C)CCl)OCC. The maximum atomic E-state index is 11.7. The first-order chi connectivity index (χ1) is 7.47. The standard InChI is InChI=1S/C11H22ClNO3/c1-5-15-9(16-6-2)7-13-10(14)11(3,4)8-12/h9H,5-8H2,1-4H3,(H,13,14). The third-order valence-corrected chi connectivity index (χ3v) is 2.75. The van der Waals surface area contributed by atoms with Crippen LogP contribution in [-0.2, 0) is 14.3 Å². The molecule has 4 nitrogen and oxygen atoms in total. The normalized spacial score (nSPS) is 11.9. The van der Waals surface area contributed by atoms with Crippen molar-refractivity contribution in [3.05, 3.63) is 0 Å². The fourth-order valence-electron chi connectivity index (χ4n) is 1.01. The molecule has 0 bridgehead atoms. The zero-order valence-electron chi connectivity index (χ0n) is 10.5. The van der Waals surface area contributed by atoms with Crippen molar-refractivity contribution in [2.45, 2.75) is 34.0 Å². The van der Waals surface area contributed by atoms with Crippen molar-refractivity contribution >= 4 is 17.5 Å². The van der Waals surface area contributed by atoms with Gasteiger partial charge in [0.05, 0.1) is 12.0 Å². The first kappa shape index (κ1) is 15.7. The molecule has 0 saturated heterocycles. The third kappa shape index (κ3) is 5.68. The Morgan fingerprint density at radius 1 is 1.31 bits per heavy atom. The van der Waals surface area contributed by atoms with Gasteiger partial charge in [-0.15, -0.1) is 11.6 Å². The van der Waals surface area contributed by atoms with Gasteiger partial charge in [-0.3, -0.25) is 4.79 Å². The molecule has 0 fully saturated rings. The van der Waals surface area contributed by atoms with E-state index < -0.39 is 5.41 Å². The molecule has 0 spiro atoms. The molecule has 0 heterocycles. The highest BCUT2D eigenvalue weighted by Gasteiger charge is 2.26. The molecular formula is C11H22ClNO3. The van der Waals surface area contributed by atoms with Crippen molar-refractivity contribution < 1.29 is 14.3 Å². The van der Waals surface area contributed by atoms with Gasteiger partial charge in [0, 0.05) is 19.1 Å². The van der Waals surface area contributed by atoms with Crippen LogP contribution in [0.2, 0.25) is 0 Å². The number of amides is 1. The number of hydrogen-bond donors (Lipinski definition) is 1. The second kappa shape index (κ2) is 7.87. The predicted molar refractivity (Wildman–Crippen MR) is 64.6 cm³/mol. The summed E-state index contributed by atoms with van der Waals surface area (Å²) >= 11 is 5.70. The Labute approximate surface area is 103 Å². The van der Waals surface area contributed by atoms with Gasteiger partial charge in [0.1, 0.15) is 0 Å². The van der Waals surface area contributed by atoms with Crippen LogP contribution < -0.4 is 5.32 Å². The van der Waals surface area contributed by atoms with E-state index in [9.17, 15) is 4.79 Å². The average molecular weight is 252 g/mol. The van der Waals surface area contributed by atoms with Crippen molar-refractivity contribution in [2.75, 3.05) is 25.6 Å². The molecule has 0 aromatic heterocycles. The summed E-state index contributed by atoms with van der Waals surface area (Å²) in [7, 11) is 0. The van der Waals surface area contributed by atoms with Crippen molar-refractivity contribution in [1.29, 1.82) is 0 Å². The number of carbonyl (C=O) groups excluding carboxylic acids is 1. The molecule has 1 amide bonds. The highest BCUT2D eigenvalue weighted by atomic mass is 35.5. The smallest absolute Gasteiger partial charge is 0.227 e. The van der Waals surface area contributed by atoms with Gasteiger partial charge in [-0.1, -0.05) is 0 Å². The summed E-state index contributed by atoms with van der Waals surface area (Å²) in [4.78, 5) is 11.7. The molecule has 16 heavy (non-hydrogen) atoms. The quantitative estimate of drug-likeness (QED) is 0.528. The molecular weight excluding hydrogens is 230 g/mol. The highest BCUT2D eigenvalue weighted by Crippen LogP contribution is 2.16. The Balaban J connectivity index is 4.04.